The maximum absolute atomic E-state index is 12.1. The van der Waals surface area contributed by atoms with E-state index >= 15 is 0 Å². The van der Waals surface area contributed by atoms with Crippen molar-refractivity contribution >= 4 is 23.2 Å². The zero-order chi connectivity index (χ0) is 15.1. The Labute approximate surface area is 123 Å². The van der Waals surface area contributed by atoms with Crippen LogP contribution in [-0.2, 0) is 4.79 Å². The van der Waals surface area contributed by atoms with Gasteiger partial charge in [-0.05, 0) is 43.7 Å². The van der Waals surface area contributed by atoms with E-state index in [-0.39, 0.29) is 11.3 Å². The summed E-state index contributed by atoms with van der Waals surface area (Å²) >= 11 is 5.91. The molecule has 4 nitrogen and oxygen atoms in total. The molecule has 20 heavy (non-hydrogen) atoms. The van der Waals surface area contributed by atoms with Crippen LogP contribution in [0.1, 0.15) is 20.3 Å². The third kappa shape index (κ3) is 4.63. The van der Waals surface area contributed by atoms with Crippen LogP contribution in [0.4, 0.5) is 5.69 Å². The van der Waals surface area contributed by atoms with E-state index in [2.05, 4.69) is 5.32 Å². The van der Waals surface area contributed by atoms with Gasteiger partial charge in [0.05, 0.1) is 12.7 Å². The Hall–Kier alpha value is -1.94. The average Bonchev–Trinajstić information content (AvgIpc) is 2.44. The molecule has 2 N–H and O–H groups in total. The first-order chi connectivity index (χ1) is 9.47. The van der Waals surface area contributed by atoms with Gasteiger partial charge in [0, 0.05) is 10.7 Å². The molecule has 1 aromatic rings. The molecule has 0 spiro atoms. The minimum absolute atomic E-state index is 0.0809. The second kappa shape index (κ2) is 7.60. The van der Waals surface area contributed by atoms with E-state index in [9.17, 15) is 9.90 Å². The Kier molecular flexibility index (Phi) is 6.12. The molecule has 0 heterocycles. The van der Waals surface area contributed by atoms with Gasteiger partial charge >= 0.3 is 0 Å². The number of ether oxygens (including phenoxy) is 1. The summed E-state index contributed by atoms with van der Waals surface area (Å²) in [6.45, 7) is 3.31. The van der Waals surface area contributed by atoms with Crippen LogP contribution in [0.25, 0.3) is 0 Å². The first-order valence-corrected chi connectivity index (χ1v) is 6.57. The van der Waals surface area contributed by atoms with Gasteiger partial charge in [-0.3, -0.25) is 4.79 Å². The van der Waals surface area contributed by atoms with Crippen LogP contribution in [0.15, 0.2) is 46.7 Å². The molecular weight excluding hydrogens is 278 g/mol. The third-order valence-corrected chi connectivity index (χ3v) is 3.00. The van der Waals surface area contributed by atoms with Gasteiger partial charge in [-0.25, -0.2) is 0 Å². The second-order valence-electron chi connectivity index (χ2n) is 4.13. The van der Waals surface area contributed by atoms with Crippen molar-refractivity contribution in [3.05, 3.63) is 46.7 Å². The summed E-state index contributed by atoms with van der Waals surface area (Å²) in [7, 11) is 1.57. The van der Waals surface area contributed by atoms with Gasteiger partial charge in [0.15, 0.2) is 0 Å². The molecule has 5 heteroatoms. The van der Waals surface area contributed by atoms with Crippen molar-refractivity contribution in [2.45, 2.75) is 20.3 Å². The van der Waals surface area contributed by atoms with Crippen LogP contribution in [-0.4, -0.2) is 18.1 Å². The van der Waals surface area contributed by atoms with Crippen molar-refractivity contribution in [1.82, 2.24) is 0 Å². The fourth-order valence-electron chi connectivity index (χ4n) is 1.47. The fourth-order valence-corrected chi connectivity index (χ4v) is 1.57. The number of aliphatic hydroxyl groups excluding tert-OH is 1. The average molecular weight is 296 g/mol. The van der Waals surface area contributed by atoms with Gasteiger partial charge in [-0.2, -0.15) is 0 Å². The monoisotopic (exact) mass is 295 g/mol. The van der Waals surface area contributed by atoms with Crippen LogP contribution in [0.2, 0.25) is 0 Å². The van der Waals surface area contributed by atoms with Crippen molar-refractivity contribution in [2.24, 2.45) is 0 Å². The number of carbonyl (C=O) groups is 1. The summed E-state index contributed by atoms with van der Waals surface area (Å²) < 4.78 is 5.04. The highest BCUT2D eigenvalue weighted by Crippen LogP contribution is 2.18. The summed E-state index contributed by atoms with van der Waals surface area (Å²) in [6.07, 6.45) is 2.06. The Bertz CT molecular complexity index is 529. The zero-order valence-corrected chi connectivity index (χ0v) is 12.5. The summed E-state index contributed by atoms with van der Waals surface area (Å²) in [5.74, 6) is 0.204. The lowest BCUT2D eigenvalue weighted by molar-refractivity contribution is -0.112. The van der Waals surface area contributed by atoms with Gasteiger partial charge in [0.2, 0.25) is 0 Å². The van der Waals surface area contributed by atoms with Crippen LogP contribution in [0.5, 0.6) is 5.75 Å². The maximum atomic E-state index is 12.1. The van der Waals surface area contributed by atoms with E-state index in [4.69, 9.17) is 16.3 Å². The van der Waals surface area contributed by atoms with Crippen LogP contribution in [0, 0.1) is 0 Å². The number of hydrogen-bond acceptors (Lipinski definition) is 3. The molecule has 0 aromatic heterocycles. The first-order valence-electron chi connectivity index (χ1n) is 6.19. The predicted octanol–water partition coefficient (Wildman–Crippen LogP) is 4.00. The quantitative estimate of drug-likeness (QED) is 0.490. The molecule has 0 aliphatic carbocycles. The summed E-state index contributed by atoms with van der Waals surface area (Å²) in [4.78, 5) is 12.1. The molecule has 0 fully saturated rings. The van der Waals surface area contributed by atoms with E-state index in [1.54, 1.807) is 31.4 Å². The normalized spacial score (nSPS) is 12.7. The smallest absolute Gasteiger partial charge is 0.259 e. The Balaban J connectivity index is 2.89. The van der Waals surface area contributed by atoms with Crippen molar-refractivity contribution in [3.8, 4) is 5.75 Å². The Morgan fingerprint density at radius 1 is 1.40 bits per heavy atom. The number of nitrogens with one attached hydrogen (secondary N) is 1. The Morgan fingerprint density at radius 2 is 2.00 bits per heavy atom. The minimum Gasteiger partial charge on any atom is -0.512 e. The molecule has 0 saturated carbocycles. The Morgan fingerprint density at radius 3 is 2.45 bits per heavy atom. The first kappa shape index (κ1) is 16.1. The lowest BCUT2D eigenvalue weighted by atomic mass is 10.1. The lowest BCUT2D eigenvalue weighted by Gasteiger charge is -2.08. The number of aliphatic hydroxyl groups is 1. The minimum atomic E-state index is -0.415. The second-order valence-corrected chi connectivity index (χ2v) is 4.61. The number of allylic oxidation sites excluding steroid dienone is 2. The molecule has 1 rings (SSSR count). The van der Waals surface area contributed by atoms with Crippen LogP contribution in [0.3, 0.4) is 0 Å². The number of rotatable bonds is 5. The molecule has 0 radical (unpaired) electrons. The SMILES string of the molecule is CC/C(Cl)=C\C(C(=O)Nc1ccc(OC)cc1)=C(/C)O. The standard InChI is InChI=1S/C15H18ClNO3/c1-4-11(16)9-14(10(2)18)15(19)17-12-5-7-13(20-3)8-6-12/h5-9,18H,4H2,1-3H3,(H,17,19)/b11-9+,14-10-. The third-order valence-electron chi connectivity index (χ3n) is 2.62. The molecule has 0 saturated heterocycles. The number of amides is 1. The van der Waals surface area contributed by atoms with E-state index in [1.807, 2.05) is 6.92 Å². The fraction of sp³-hybridized carbons (Fsp3) is 0.267. The highest BCUT2D eigenvalue weighted by molar-refractivity contribution is 6.30. The molecule has 0 atom stereocenters. The zero-order valence-electron chi connectivity index (χ0n) is 11.7. The van der Waals surface area contributed by atoms with E-state index in [1.165, 1.54) is 13.0 Å². The van der Waals surface area contributed by atoms with E-state index in [0.717, 1.165) is 0 Å². The highest BCUT2D eigenvalue weighted by atomic mass is 35.5. The predicted molar refractivity (Wildman–Crippen MR) is 81.2 cm³/mol. The molecule has 108 valence electrons. The maximum Gasteiger partial charge on any atom is 0.259 e. The van der Waals surface area contributed by atoms with Gasteiger partial charge in [0.1, 0.15) is 11.5 Å². The van der Waals surface area contributed by atoms with Gasteiger partial charge < -0.3 is 15.2 Å². The molecule has 0 aliphatic rings. The van der Waals surface area contributed by atoms with Crippen molar-refractivity contribution in [1.29, 1.82) is 0 Å². The molecular formula is C15H18ClNO3. The largest absolute Gasteiger partial charge is 0.512 e. The molecule has 0 bridgehead atoms. The summed E-state index contributed by atoms with van der Waals surface area (Å²) in [5, 5.41) is 12.8. The van der Waals surface area contributed by atoms with E-state index < -0.39 is 5.91 Å². The number of hydrogen-bond donors (Lipinski definition) is 2. The number of methoxy groups -OCH3 is 1. The van der Waals surface area contributed by atoms with Crippen LogP contribution >= 0.6 is 11.6 Å². The van der Waals surface area contributed by atoms with Gasteiger partial charge in [0.25, 0.3) is 5.91 Å². The highest BCUT2D eigenvalue weighted by Gasteiger charge is 2.11. The summed E-state index contributed by atoms with van der Waals surface area (Å²) in [6, 6.07) is 6.90. The van der Waals surface area contributed by atoms with Gasteiger partial charge in [-0.1, -0.05) is 18.5 Å². The number of benzene rings is 1. The van der Waals surface area contributed by atoms with Crippen molar-refractivity contribution < 1.29 is 14.6 Å². The topological polar surface area (TPSA) is 58.6 Å². The number of halogens is 1. The molecule has 0 unspecified atom stereocenters. The lowest BCUT2D eigenvalue weighted by Crippen LogP contribution is -2.14. The molecule has 1 aromatic carbocycles. The number of carbonyl (C=O) groups excluding carboxylic acids is 1. The van der Waals surface area contributed by atoms with Crippen molar-refractivity contribution in [3.63, 3.8) is 0 Å². The van der Waals surface area contributed by atoms with Crippen molar-refractivity contribution in [2.75, 3.05) is 12.4 Å². The molecule has 0 aliphatic heterocycles. The summed E-state index contributed by atoms with van der Waals surface area (Å²) in [5.41, 5.74) is 0.753. The van der Waals surface area contributed by atoms with Gasteiger partial charge in [-0.15, -0.1) is 0 Å². The van der Waals surface area contributed by atoms with E-state index in [0.29, 0.717) is 22.9 Å². The number of anilines is 1. The molecule has 1 amide bonds. The van der Waals surface area contributed by atoms with Crippen LogP contribution < -0.4 is 10.1 Å².